The Kier molecular flexibility index (Phi) is 3.69. The second-order valence-electron chi connectivity index (χ2n) is 4.57. The maximum atomic E-state index is 12.7. The molecular weight excluding hydrogens is 275 g/mol. The first-order valence-electron chi connectivity index (χ1n) is 6.07. The molecule has 4 N–H and O–H groups in total. The number of hydrogen-bond acceptors (Lipinski definition) is 5. The van der Waals surface area contributed by atoms with Crippen molar-refractivity contribution in [3.05, 3.63) is 11.8 Å². The van der Waals surface area contributed by atoms with Crippen molar-refractivity contribution in [3.63, 3.8) is 0 Å². The van der Waals surface area contributed by atoms with Gasteiger partial charge in [0.05, 0.1) is 0 Å². The van der Waals surface area contributed by atoms with Gasteiger partial charge in [0.1, 0.15) is 11.9 Å². The zero-order valence-electron chi connectivity index (χ0n) is 10.5. The molecular formula is C11H14F3N5O. The molecule has 9 heteroatoms. The number of halogens is 3. The molecule has 0 bridgehead atoms. The smallest absolute Gasteiger partial charge is 0.368 e. The number of anilines is 2. The predicted molar refractivity (Wildman–Crippen MR) is 65.6 cm³/mol. The van der Waals surface area contributed by atoms with Crippen LogP contribution in [0.4, 0.5) is 24.9 Å². The van der Waals surface area contributed by atoms with Crippen molar-refractivity contribution in [2.24, 2.45) is 5.73 Å². The average molecular weight is 289 g/mol. The van der Waals surface area contributed by atoms with Crippen molar-refractivity contribution in [2.75, 3.05) is 17.2 Å². The van der Waals surface area contributed by atoms with Gasteiger partial charge in [-0.05, 0) is 19.3 Å². The van der Waals surface area contributed by atoms with Gasteiger partial charge < -0.3 is 16.4 Å². The first-order valence-corrected chi connectivity index (χ1v) is 6.07. The Balaban J connectivity index is 2.40. The molecule has 1 aliphatic rings. The molecule has 1 aromatic rings. The van der Waals surface area contributed by atoms with Crippen molar-refractivity contribution in [2.45, 2.75) is 31.5 Å². The molecule has 1 aromatic heterocycles. The lowest BCUT2D eigenvalue weighted by Gasteiger charge is -2.34. The number of carbonyl (C=O) groups excluding carboxylic acids is 1. The fourth-order valence-corrected chi connectivity index (χ4v) is 2.25. The third-order valence-corrected chi connectivity index (χ3v) is 3.15. The average Bonchev–Trinajstić information content (AvgIpc) is 2.37. The number of nitrogens with two attached hydrogens (primary N) is 2. The molecule has 1 fully saturated rings. The van der Waals surface area contributed by atoms with Gasteiger partial charge in [-0.2, -0.15) is 18.2 Å². The second-order valence-corrected chi connectivity index (χ2v) is 4.57. The molecule has 1 aliphatic heterocycles. The third-order valence-electron chi connectivity index (χ3n) is 3.15. The van der Waals surface area contributed by atoms with Crippen molar-refractivity contribution < 1.29 is 18.0 Å². The zero-order valence-corrected chi connectivity index (χ0v) is 10.5. The number of amides is 1. The highest BCUT2D eigenvalue weighted by molar-refractivity contribution is 5.83. The number of hydrogen-bond donors (Lipinski definition) is 2. The molecule has 20 heavy (non-hydrogen) atoms. The fourth-order valence-electron chi connectivity index (χ4n) is 2.25. The topological polar surface area (TPSA) is 98.1 Å². The van der Waals surface area contributed by atoms with Gasteiger partial charge in [0.15, 0.2) is 5.69 Å². The summed E-state index contributed by atoms with van der Waals surface area (Å²) in [5.41, 5.74) is 9.47. The number of nitrogens with zero attached hydrogens (tertiary/aromatic N) is 3. The highest BCUT2D eigenvalue weighted by Crippen LogP contribution is 2.31. The van der Waals surface area contributed by atoms with E-state index in [4.69, 9.17) is 11.5 Å². The van der Waals surface area contributed by atoms with Gasteiger partial charge in [0, 0.05) is 12.6 Å². The van der Waals surface area contributed by atoms with Gasteiger partial charge in [-0.15, -0.1) is 0 Å². The summed E-state index contributed by atoms with van der Waals surface area (Å²) < 4.78 is 38.1. The number of nitrogen functional groups attached to an aromatic ring is 1. The quantitative estimate of drug-likeness (QED) is 0.843. The van der Waals surface area contributed by atoms with Crippen molar-refractivity contribution >= 4 is 17.7 Å². The predicted octanol–water partition coefficient (Wildman–Crippen LogP) is 0.922. The molecule has 2 heterocycles. The van der Waals surface area contributed by atoms with Gasteiger partial charge in [0.25, 0.3) is 0 Å². The normalized spacial score (nSPS) is 19.9. The molecule has 1 atom stereocenters. The van der Waals surface area contributed by atoms with E-state index in [-0.39, 0.29) is 5.82 Å². The van der Waals surface area contributed by atoms with Crippen molar-refractivity contribution in [3.8, 4) is 0 Å². The van der Waals surface area contributed by atoms with Crippen LogP contribution in [-0.4, -0.2) is 28.5 Å². The van der Waals surface area contributed by atoms with E-state index in [1.807, 2.05) is 0 Å². The molecule has 2 rings (SSSR count). The molecule has 6 nitrogen and oxygen atoms in total. The van der Waals surface area contributed by atoms with E-state index in [1.165, 1.54) is 4.90 Å². The molecule has 0 saturated carbocycles. The van der Waals surface area contributed by atoms with E-state index in [2.05, 4.69) is 9.97 Å². The largest absolute Gasteiger partial charge is 0.433 e. The van der Waals surface area contributed by atoms with Crippen LogP contribution in [0.1, 0.15) is 25.0 Å². The van der Waals surface area contributed by atoms with Crippen molar-refractivity contribution in [1.82, 2.24) is 9.97 Å². The first-order chi connectivity index (χ1) is 9.29. The Bertz CT molecular complexity index is 519. The summed E-state index contributed by atoms with van der Waals surface area (Å²) >= 11 is 0. The van der Waals surface area contributed by atoms with Crippen LogP contribution >= 0.6 is 0 Å². The van der Waals surface area contributed by atoms with Crippen LogP contribution < -0.4 is 16.4 Å². The number of rotatable bonds is 2. The lowest BCUT2D eigenvalue weighted by Crippen LogP contribution is -2.48. The molecule has 0 spiro atoms. The Hall–Kier alpha value is -2.06. The van der Waals surface area contributed by atoms with Gasteiger partial charge in [-0.25, -0.2) is 4.98 Å². The maximum absolute atomic E-state index is 12.7. The summed E-state index contributed by atoms with van der Waals surface area (Å²) in [6.07, 6.45) is -2.60. The Morgan fingerprint density at radius 3 is 2.65 bits per heavy atom. The fraction of sp³-hybridized carbons (Fsp3) is 0.545. The van der Waals surface area contributed by atoms with Crippen molar-refractivity contribution in [1.29, 1.82) is 0 Å². The number of carbonyl (C=O) groups is 1. The molecule has 0 aliphatic carbocycles. The molecule has 0 radical (unpaired) electrons. The molecule has 110 valence electrons. The standard InChI is InChI=1S/C11H14F3N5O/c12-11(13,14)7-5-8(18-10(16)17-7)19-4-2-1-3-6(19)9(15)20/h5-6H,1-4H2,(H2,15,20)(H2,16,17,18). The van der Waals surface area contributed by atoms with Crippen LogP contribution in [0.3, 0.4) is 0 Å². The van der Waals surface area contributed by atoms with Gasteiger partial charge in [-0.1, -0.05) is 0 Å². The zero-order chi connectivity index (χ0) is 14.9. The minimum Gasteiger partial charge on any atom is -0.368 e. The summed E-state index contributed by atoms with van der Waals surface area (Å²) in [5.74, 6) is -1.09. The number of primary amides is 1. The van der Waals surface area contributed by atoms with Crippen LogP contribution in [0.25, 0.3) is 0 Å². The van der Waals surface area contributed by atoms with Gasteiger partial charge >= 0.3 is 6.18 Å². The van der Waals surface area contributed by atoms with Gasteiger partial charge in [0.2, 0.25) is 11.9 Å². The Labute approximate surface area is 113 Å². The second kappa shape index (κ2) is 5.14. The lowest BCUT2D eigenvalue weighted by molar-refractivity contribution is -0.141. The van der Waals surface area contributed by atoms with E-state index in [0.717, 1.165) is 18.9 Å². The van der Waals surface area contributed by atoms with E-state index in [0.29, 0.717) is 13.0 Å². The van der Waals surface area contributed by atoms with Crippen LogP contribution in [0.15, 0.2) is 6.07 Å². The highest BCUT2D eigenvalue weighted by Gasteiger charge is 2.35. The van der Waals surface area contributed by atoms with Crippen LogP contribution in [0.5, 0.6) is 0 Å². The van der Waals surface area contributed by atoms with Crippen LogP contribution in [-0.2, 0) is 11.0 Å². The van der Waals surface area contributed by atoms with E-state index in [1.54, 1.807) is 0 Å². The summed E-state index contributed by atoms with van der Waals surface area (Å²) in [6, 6.07) is 0.122. The SMILES string of the molecule is NC(=O)C1CCCCN1c1cc(C(F)(F)F)nc(N)n1. The number of piperidine rings is 1. The molecule has 0 aromatic carbocycles. The summed E-state index contributed by atoms with van der Waals surface area (Å²) in [6.45, 7) is 0.404. The summed E-state index contributed by atoms with van der Waals surface area (Å²) in [5, 5.41) is 0. The molecule has 1 amide bonds. The summed E-state index contributed by atoms with van der Waals surface area (Å²) in [4.78, 5) is 19.8. The van der Waals surface area contributed by atoms with Gasteiger partial charge in [-0.3, -0.25) is 4.79 Å². The first kappa shape index (κ1) is 14.4. The minimum atomic E-state index is -4.62. The monoisotopic (exact) mass is 289 g/mol. The van der Waals surface area contributed by atoms with E-state index in [9.17, 15) is 18.0 Å². The summed E-state index contributed by atoms with van der Waals surface area (Å²) in [7, 11) is 0. The molecule has 1 saturated heterocycles. The minimum absolute atomic E-state index is 0.0201. The number of alkyl halides is 3. The Morgan fingerprint density at radius 2 is 2.05 bits per heavy atom. The van der Waals surface area contributed by atoms with Crippen LogP contribution in [0.2, 0.25) is 0 Å². The third kappa shape index (κ3) is 2.91. The number of aromatic nitrogens is 2. The Morgan fingerprint density at radius 1 is 1.35 bits per heavy atom. The molecule has 1 unspecified atom stereocenters. The highest BCUT2D eigenvalue weighted by atomic mass is 19.4. The van der Waals surface area contributed by atoms with E-state index < -0.39 is 29.8 Å². The van der Waals surface area contributed by atoms with E-state index >= 15 is 0 Å². The lowest BCUT2D eigenvalue weighted by atomic mass is 10.0. The van der Waals surface area contributed by atoms with Crippen LogP contribution in [0, 0.1) is 0 Å². The maximum Gasteiger partial charge on any atom is 0.433 e.